The van der Waals surface area contributed by atoms with Crippen LogP contribution in [0.5, 0.6) is 0 Å². The number of aliphatic hydroxyl groups is 3. The van der Waals surface area contributed by atoms with Crippen molar-refractivity contribution in [1.29, 1.82) is 0 Å². The third-order valence-corrected chi connectivity index (χ3v) is 2.47. The summed E-state index contributed by atoms with van der Waals surface area (Å²) >= 11 is 0. The number of fused-ring (bicyclic) bond motifs is 1. The van der Waals surface area contributed by atoms with Gasteiger partial charge < -0.3 is 24.8 Å². The molecule has 2 heterocycles. The number of aliphatic imine (C=N–C) groups is 1. The summed E-state index contributed by atoms with van der Waals surface area (Å²) in [4.78, 5) is 3.99. The van der Waals surface area contributed by atoms with Gasteiger partial charge in [0.1, 0.15) is 24.4 Å². The number of nitrogens with zero attached hydrogens (tertiary/aromatic N) is 1. The van der Waals surface area contributed by atoms with Crippen LogP contribution in [0.15, 0.2) is 4.99 Å². The first-order chi connectivity index (χ1) is 6.63. The molecule has 1 saturated heterocycles. The molecule has 0 aromatic rings. The van der Waals surface area contributed by atoms with Crippen LogP contribution in [-0.4, -0.2) is 58.5 Å². The van der Waals surface area contributed by atoms with Gasteiger partial charge in [-0.05, 0) is 0 Å². The summed E-state index contributed by atoms with van der Waals surface area (Å²) in [7, 11) is 0. The Kier molecular flexibility index (Phi) is 2.44. The van der Waals surface area contributed by atoms with Gasteiger partial charge >= 0.3 is 0 Å². The van der Waals surface area contributed by atoms with E-state index >= 15 is 0 Å². The van der Waals surface area contributed by atoms with E-state index in [4.69, 9.17) is 14.6 Å². The van der Waals surface area contributed by atoms with Gasteiger partial charge in [0.2, 0.25) is 6.29 Å². The van der Waals surface area contributed by atoms with Crippen LogP contribution < -0.4 is 0 Å². The normalized spacial score (nSPS) is 46.9. The molecular weight excluding hydrogens is 190 g/mol. The van der Waals surface area contributed by atoms with Crippen molar-refractivity contribution in [2.24, 2.45) is 4.99 Å². The van der Waals surface area contributed by atoms with Crippen LogP contribution in [0.3, 0.4) is 0 Å². The summed E-state index contributed by atoms with van der Waals surface area (Å²) in [5, 5.41) is 28.0. The van der Waals surface area contributed by atoms with E-state index in [1.165, 1.54) is 0 Å². The van der Waals surface area contributed by atoms with Crippen LogP contribution in [0.2, 0.25) is 0 Å². The zero-order chi connectivity index (χ0) is 10.3. The Hall–Kier alpha value is -0.690. The molecule has 2 rings (SSSR count). The minimum Gasteiger partial charge on any atom is -0.450 e. The van der Waals surface area contributed by atoms with Crippen molar-refractivity contribution < 1.29 is 24.8 Å². The summed E-state index contributed by atoms with van der Waals surface area (Å²) in [6.07, 6.45) is -3.68. The zero-order valence-electron chi connectivity index (χ0n) is 7.70. The first-order valence-corrected chi connectivity index (χ1v) is 4.47. The van der Waals surface area contributed by atoms with Crippen LogP contribution in [-0.2, 0) is 9.47 Å². The van der Waals surface area contributed by atoms with Crippen LogP contribution in [0.25, 0.3) is 0 Å². The van der Waals surface area contributed by atoms with Gasteiger partial charge in [0.05, 0.1) is 6.61 Å². The molecule has 6 nitrogen and oxygen atoms in total. The summed E-state index contributed by atoms with van der Waals surface area (Å²) in [6.45, 7) is 1.29. The highest BCUT2D eigenvalue weighted by molar-refractivity contribution is 5.75. The predicted octanol–water partition coefficient (Wildman–Crippen LogP) is -1.76. The van der Waals surface area contributed by atoms with Gasteiger partial charge in [0, 0.05) is 6.92 Å². The molecule has 14 heavy (non-hydrogen) atoms. The van der Waals surface area contributed by atoms with Gasteiger partial charge in [0.25, 0.3) is 0 Å². The lowest BCUT2D eigenvalue weighted by molar-refractivity contribution is -0.234. The molecule has 0 radical (unpaired) electrons. The first-order valence-electron chi connectivity index (χ1n) is 4.47. The topological polar surface area (TPSA) is 91.5 Å². The molecular formula is C8H13NO5. The molecule has 2 unspecified atom stereocenters. The number of hydrogen-bond acceptors (Lipinski definition) is 6. The molecule has 0 aliphatic carbocycles. The van der Waals surface area contributed by atoms with E-state index in [0.717, 1.165) is 0 Å². The van der Waals surface area contributed by atoms with E-state index in [9.17, 15) is 10.2 Å². The van der Waals surface area contributed by atoms with Gasteiger partial charge in [0.15, 0.2) is 5.90 Å². The van der Waals surface area contributed by atoms with E-state index in [2.05, 4.69) is 4.99 Å². The van der Waals surface area contributed by atoms with Crippen LogP contribution in [0, 0.1) is 0 Å². The zero-order valence-corrected chi connectivity index (χ0v) is 7.70. The van der Waals surface area contributed by atoms with Crippen molar-refractivity contribution in [2.75, 3.05) is 6.61 Å². The Balaban J connectivity index is 2.14. The fraction of sp³-hybridized carbons (Fsp3) is 0.875. The monoisotopic (exact) mass is 203 g/mol. The standard InChI is InChI=1S/C8H13NO5/c1-3-9-5-7(12)6(11)4(2-10)14-8(5)13-3/h4-8,10-12H,2H2,1H3/t4?,5?,6-,7-,8+/m1/s1. The summed E-state index contributed by atoms with van der Waals surface area (Å²) in [5.41, 5.74) is 0. The molecule has 0 bridgehead atoms. The van der Waals surface area contributed by atoms with E-state index in [-0.39, 0.29) is 6.61 Å². The van der Waals surface area contributed by atoms with E-state index < -0.39 is 30.6 Å². The highest BCUT2D eigenvalue weighted by Crippen LogP contribution is 2.28. The van der Waals surface area contributed by atoms with Crippen molar-refractivity contribution in [3.05, 3.63) is 0 Å². The maximum Gasteiger partial charge on any atom is 0.227 e. The summed E-state index contributed by atoms with van der Waals surface area (Å²) < 4.78 is 10.4. The lowest BCUT2D eigenvalue weighted by atomic mass is 9.98. The lowest BCUT2D eigenvalue weighted by Crippen LogP contribution is -2.56. The van der Waals surface area contributed by atoms with Gasteiger partial charge in [-0.1, -0.05) is 0 Å². The predicted molar refractivity (Wildman–Crippen MR) is 45.7 cm³/mol. The summed E-state index contributed by atoms with van der Waals surface area (Å²) in [6, 6.07) is -0.590. The minimum absolute atomic E-state index is 0.357. The van der Waals surface area contributed by atoms with Gasteiger partial charge in [-0.2, -0.15) is 0 Å². The molecule has 0 amide bonds. The van der Waals surface area contributed by atoms with E-state index in [1.807, 2.05) is 0 Å². The molecule has 1 fully saturated rings. The SMILES string of the molecule is CC1=NC2[C@@H](O1)OC(CO)[C@@H](O)[C@@H]2O. The largest absolute Gasteiger partial charge is 0.450 e. The quantitative estimate of drug-likeness (QED) is 0.469. The van der Waals surface area contributed by atoms with Crippen LogP contribution in [0.4, 0.5) is 0 Å². The van der Waals surface area contributed by atoms with Crippen LogP contribution >= 0.6 is 0 Å². The average molecular weight is 203 g/mol. The average Bonchev–Trinajstić information content (AvgIpc) is 2.52. The van der Waals surface area contributed by atoms with E-state index in [1.54, 1.807) is 6.92 Å². The number of ether oxygens (including phenoxy) is 2. The van der Waals surface area contributed by atoms with Gasteiger partial charge in [-0.15, -0.1) is 0 Å². The molecule has 6 heteroatoms. The Morgan fingerprint density at radius 3 is 2.71 bits per heavy atom. The van der Waals surface area contributed by atoms with Gasteiger partial charge in [-0.3, -0.25) is 0 Å². The Bertz CT molecular complexity index is 256. The maximum absolute atomic E-state index is 9.64. The molecule has 0 saturated carbocycles. The van der Waals surface area contributed by atoms with Crippen molar-refractivity contribution >= 4 is 5.90 Å². The number of hydrogen-bond donors (Lipinski definition) is 3. The first kappa shape index (κ1) is 9.85. The third kappa shape index (κ3) is 1.40. The fourth-order valence-corrected chi connectivity index (χ4v) is 1.71. The van der Waals surface area contributed by atoms with Crippen molar-refractivity contribution in [1.82, 2.24) is 0 Å². The van der Waals surface area contributed by atoms with Crippen LogP contribution in [0.1, 0.15) is 6.92 Å². The minimum atomic E-state index is -1.13. The second-order valence-electron chi connectivity index (χ2n) is 3.46. The maximum atomic E-state index is 9.64. The van der Waals surface area contributed by atoms with E-state index in [0.29, 0.717) is 5.90 Å². The van der Waals surface area contributed by atoms with Crippen molar-refractivity contribution in [3.63, 3.8) is 0 Å². The molecule has 2 aliphatic heterocycles. The van der Waals surface area contributed by atoms with Gasteiger partial charge in [-0.25, -0.2) is 4.99 Å². The Morgan fingerprint density at radius 2 is 2.07 bits per heavy atom. The fourth-order valence-electron chi connectivity index (χ4n) is 1.71. The molecule has 3 N–H and O–H groups in total. The molecule has 0 spiro atoms. The smallest absolute Gasteiger partial charge is 0.227 e. The lowest BCUT2D eigenvalue weighted by Gasteiger charge is -2.36. The molecule has 80 valence electrons. The number of aliphatic hydroxyl groups excluding tert-OH is 3. The molecule has 0 aromatic carbocycles. The van der Waals surface area contributed by atoms with Crippen molar-refractivity contribution in [2.45, 2.75) is 37.6 Å². The molecule has 0 aromatic heterocycles. The molecule has 5 atom stereocenters. The highest BCUT2D eigenvalue weighted by Gasteiger charge is 2.48. The molecule has 2 aliphatic rings. The Labute approximate surface area is 80.8 Å². The highest BCUT2D eigenvalue weighted by atomic mass is 16.7. The number of rotatable bonds is 1. The second kappa shape index (κ2) is 3.47. The van der Waals surface area contributed by atoms with Crippen molar-refractivity contribution in [3.8, 4) is 0 Å². The Morgan fingerprint density at radius 1 is 1.36 bits per heavy atom. The summed E-state index contributed by atoms with van der Waals surface area (Å²) in [5.74, 6) is 0.421. The third-order valence-electron chi connectivity index (χ3n) is 2.47. The second-order valence-corrected chi connectivity index (χ2v) is 3.46.